The molecule has 2 rings (SSSR count). The Labute approximate surface area is 130 Å². The van der Waals surface area contributed by atoms with E-state index in [4.69, 9.17) is 16.2 Å². The normalized spacial score (nSPS) is 16.3. The van der Waals surface area contributed by atoms with Gasteiger partial charge in [0.05, 0.1) is 6.10 Å². The maximum Gasteiger partial charge on any atom is 0.261 e. The van der Waals surface area contributed by atoms with Crippen molar-refractivity contribution in [1.29, 1.82) is 0 Å². The molecule has 0 spiro atoms. The lowest BCUT2D eigenvalue weighted by Crippen LogP contribution is -2.21. The van der Waals surface area contributed by atoms with Crippen LogP contribution >= 0.6 is 11.3 Å². The molecule has 0 unspecified atom stereocenters. The number of nitrogen functional groups attached to an aromatic ring is 1. The Kier molecular flexibility index (Phi) is 4.37. The van der Waals surface area contributed by atoms with Gasteiger partial charge in [-0.15, -0.1) is 11.3 Å². The number of primary amides is 1. The number of hydrogen-bond acceptors (Lipinski definition) is 5. The largest absolute Gasteiger partial charge is 0.486 e. The minimum Gasteiger partial charge on any atom is -0.486 e. The molecular formula is C15H25N3O2S. The van der Waals surface area contributed by atoms with Crippen molar-refractivity contribution in [3.63, 3.8) is 0 Å². The second-order valence-electron chi connectivity index (χ2n) is 6.40. The third-order valence-electron chi connectivity index (χ3n) is 4.19. The van der Waals surface area contributed by atoms with Gasteiger partial charge in [-0.1, -0.05) is 13.8 Å². The van der Waals surface area contributed by atoms with Crippen LogP contribution in [0.3, 0.4) is 0 Å². The smallest absolute Gasteiger partial charge is 0.261 e. The van der Waals surface area contributed by atoms with Gasteiger partial charge in [-0.25, -0.2) is 0 Å². The number of thiophene rings is 1. The van der Waals surface area contributed by atoms with Crippen molar-refractivity contribution in [3.8, 4) is 5.75 Å². The molecule has 1 fully saturated rings. The molecule has 1 aliphatic carbocycles. The lowest BCUT2D eigenvalue weighted by molar-refractivity contribution is 0.100. The van der Waals surface area contributed by atoms with E-state index in [-0.39, 0.29) is 6.10 Å². The van der Waals surface area contributed by atoms with E-state index in [0.29, 0.717) is 27.6 Å². The Morgan fingerprint density at radius 3 is 2.43 bits per heavy atom. The monoisotopic (exact) mass is 311 g/mol. The molecule has 5 N–H and O–H groups in total. The fraction of sp³-hybridized carbons (Fsp3) is 0.667. The van der Waals surface area contributed by atoms with Crippen LogP contribution in [0.4, 0.5) is 10.7 Å². The van der Waals surface area contributed by atoms with Crippen LogP contribution in [-0.2, 0) is 0 Å². The van der Waals surface area contributed by atoms with E-state index < -0.39 is 5.91 Å². The highest BCUT2D eigenvalue weighted by molar-refractivity contribution is 7.19. The van der Waals surface area contributed by atoms with Crippen LogP contribution in [-0.4, -0.2) is 18.6 Å². The summed E-state index contributed by atoms with van der Waals surface area (Å²) in [6.45, 7) is 9.23. The molecule has 0 radical (unpaired) electrons. The first-order valence-corrected chi connectivity index (χ1v) is 8.21. The quantitative estimate of drug-likeness (QED) is 0.722. The van der Waals surface area contributed by atoms with E-state index >= 15 is 0 Å². The first-order chi connectivity index (χ1) is 9.77. The zero-order valence-electron chi connectivity index (χ0n) is 13.2. The predicted octanol–water partition coefficient (Wildman–Crippen LogP) is 3.06. The summed E-state index contributed by atoms with van der Waals surface area (Å²) >= 11 is 1.28. The standard InChI is InChI=1S/C15H25N3O2S/c1-8(2)15(5-6-15)7-18-14-11(20-9(3)4)10(16)12(21-14)13(17)19/h8-9,18H,5-7,16H2,1-4H3,(H2,17,19). The SMILES string of the molecule is CC(C)Oc1c(NCC2(C(C)C)CC2)sc(C(N)=O)c1N. The average Bonchev–Trinajstić information content (AvgIpc) is 3.11. The molecule has 6 heteroatoms. The molecule has 5 nitrogen and oxygen atoms in total. The molecule has 0 saturated heterocycles. The molecule has 1 aliphatic rings. The number of carbonyl (C=O) groups is 1. The van der Waals surface area contributed by atoms with Crippen LogP contribution in [0.15, 0.2) is 0 Å². The van der Waals surface area contributed by atoms with E-state index in [9.17, 15) is 4.79 Å². The summed E-state index contributed by atoms with van der Waals surface area (Å²) < 4.78 is 5.77. The second kappa shape index (κ2) is 5.75. The van der Waals surface area contributed by atoms with Crippen molar-refractivity contribution in [2.24, 2.45) is 17.1 Å². The number of anilines is 2. The average molecular weight is 311 g/mol. The Hall–Kier alpha value is -1.43. The second-order valence-corrected chi connectivity index (χ2v) is 7.43. The Balaban J connectivity index is 2.21. The number of hydrogen-bond donors (Lipinski definition) is 3. The highest BCUT2D eigenvalue weighted by atomic mass is 32.1. The molecule has 0 aliphatic heterocycles. The van der Waals surface area contributed by atoms with Gasteiger partial charge < -0.3 is 21.5 Å². The molecule has 118 valence electrons. The summed E-state index contributed by atoms with van der Waals surface area (Å²) in [7, 11) is 0. The van der Waals surface area contributed by atoms with Gasteiger partial charge in [0.25, 0.3) is 5.91 Å². The fourth-order valence-corrected chi connectivity index (χ4v) is 3.36. The fourth-order valence-electron chi connectivity index (χ4n) is 2.46. The summed E-state index contributed by atoms with van der Waals surface area (Å²) in [5.41, 5.74) is 12.1. The molecule has 1 amide bonds. The van der Waals surface area contributed by atoms with Crippen molar-refractivity contribution in [1.82, 2.24) is 0 Å². The molecule has 1 heterocycles. The van der Waals surface area contributed by atoms with Crippen LogP contribution in [0.2, 0.25) is 0 Å². The number of ether oxygens (including phenoxy) is 1. The van der Waals surface area contributed by atoms with E-state index in [1.165, 1.54) is 24.2 Å². The molecule has 1 saturated carbocycles. The predicted molar refractivity (Wildman–Crippen MR) is 88.0 cm³/mol. The van der Waals surface area contributed by atoms with Gasteiger partial charge in [0.1, 0.15) is 15.6 Å². The molecule has 1 aromatic rings. The molecular weight excluding hydrogens is 286 g/mol. The minimum absolute atomic E-state index is 0.0110. The van der Waals surface area contributed by atoms with Gasteiger partial charge in [-0.3, -0.25) is 4.79 Å². The minimum atomic E-state index is -0.510. The lowest BCUT2D eigenvalue weighted by Gasteiger charge is -2.21. The van der Waals surface area contributed by atoms with Crippen molar-refractivity contribution in [3.05, 3.63) is 4.88 Å². The summed E-state index contributed by atoms with van der Waals surface area (Å²) in [6.07, 6.45) is 2.46. The first kappa shape index (κ1) is 15.9. The van der Waals surface area contributed by atoms with E-state index in [1.54, 1.807) is 0 Å². The first-order valence-electron chi connectivity index (χ1n) is 7.39. The maximum absolute atomic E-state index is 11.5. The molecule has 0 atom stereocenters. The number of nitrogens with one attached hydrogen (secondary N) is 1. The van der Waals surface area contributed by atoms with Crippen molar-refractivity contribution in [2.45, 2.75) is 46.6 Å². The third-order valence-corrected chi connectivity index (χ3v) is 5.35. The number of nitrogens with two attached hydrogens (primary N) is 2. The molecule has 0 bridgehead atoms. The molecule has 0 aromatic carbocycles. The van der Waals surface area contributed by atoms with Crippen LogP contribution in [0.1, 0.15) is 50.2 Å². The number of carbonyl (C=O) groups excluding carboxylic acids is 1. The summed E-state index contributed by atoms with van der Waals surface area (Å²) in [6, 6.07) is 0. The van der Waals surface area contributed by atoms with Crippen LogP contribution < -0.4 is 21.5 Å². The topological polar surface area (TPSA) is 90.4 Å². The summed E-state index contributed by atoms with van der Waals surface area (Å²) in [4.78, 5) is 11.8. The third kappa shape index (κ3) is 3.26. The lowest BCUT2D eigenvalue weighted by atomic mass is 9.92. The maximum atomic E-state index is 11.5. The van der Waals surface area contributed by atoms with Crippen LogP contribution in [0.5, 0.6) is 5.75 Å². The van der Waals surface area contributed by atoms with E-state index in [2.05, 4.69) is 19.2 Å². The highest BCUT2D eigenvalue weighted by Crippen LogP contribution is 2.53. The summed E-state index contributed by atoms with van der Waals surface area (Å²) in [5, 5.41) is 4.23. The van der Waals surface area contributed by atoms with Crippen molar-refractivity contribution < 1.29 is 9.53 Å². The zero-order chi connectivity index (χ0) is 15.8. The van der Waals surface area contributed by atoms with Crippen molar-refractivity contribution >= 4 is 27.9 Å². The van der Waals surface area contributed by atoms with E-state index in [1.807, 2.05) is 13.8 Å². The van der Waals surface area contributed by atoms with Gasteiger partial charge in [-0.05, 0) is 38.0 Å². The Bertz CT molecular complexity index is 533. The molecule has 21 heavy (non-hydrogen) atoms. The van der Waals surface area contributed by atoms with Crippen molar-refractivity contribution in [2.75, 3.05) is 17.6 Å². The van der Waals surface area contributed by atoms with E-state index in [0.717, 1.165) is 11.5 Å². The van der Waals surface area contributed by atoms with Gasteiger partial charge in [0.15, 0.2) is 5.75 Å². The number of amides is 1. The number of rotatable bonds is 7. The van der Waals surface area contributed by atoms with Gasteiger partial charge in [-0.2, -0.15) is 0 Å². The van der Waals surface area contributed by atoms with Gasteiger partial charge >= 0.3 is 0 Å². The molecule has 1 aromatic heterocycles. The summed E-state index contributed by atoms with van der Waals surface area (Å²) in [5.74, 6) is 0.680. The highest BCUT2D eigenvalue weighted by Gasteiger charge is 2.45. The Morgan fingerprint density at radius 2 is 2.00 bits per heavy atom. The van der Waals surface area contributed by atoms with Crippen LogP contribution in [0, 0.1) is 11.3 Å². The van der Waals surface area contributed by atoms with Gasteiger partial charge in [0.2, 0.25) is 0 Å². The van der Waals surface area contributed by atoms with Gasteiger partial charge in [0, 0.05) is 6.54 Å². The van der Waals surface area contributed by atoms with Crippen LogP contribution in [0.25, 0.3) is 0 Å². The Morgan fingerprint density at radius 1 is 1.38 bits per heavy atom. The zero-order valence-corrected chi connectivity index (χ0v) is 14.0.